The van der Waals surface area contributed by atoms with E-state index in [0.717, 1.165) is 9.89 Å². The molecule has 1 N–H and O–H groups in total. The number of nitrogens with zero attached hydrogens (tertiary/aromatic N) is 3. The number of hydrogen-bond donors (Lipinski definition) is 1. The van der Waals surface area contributed by atoms with Crippen LogP contribution >= 0.6 is 11.3 Å². The fraction of sp³-hybridized carbons (Fsp3) is 0.429. The first-order chi connectivity index (χ1) is 6.65. The fourth-order valence-electron chi connectivity index (χ4n) is 0.970. The van der Waals surface area contributed by atoms with E-state index in [1.54, 1.807) is 11.7 Å². The second-order valence-electron chi connectivity index (χ2n) is 2.68. The maximum atomic E-state index is 10.8. The van der Waals surface area contributed by atoms with E-state index in [1.165, 1.54) is 18.4 Å². The van der Waals surface area contributed by atoms with Gasteiger partial charge >= 0.3 is 5.97 Å². The van der Waals surface area contributed by atoms with E-state index in [2.05, 4.69) is 10.3 Å². The number of hydrogen-bond acceptors (Lipinski definition) is 5. The van der Waals surface area contributed by atoms with Crippen molar-refractivity contribution in [2.75, 3.05) is 7.05 Å². The molecule has 0 saturated carbocycles. The molecule has 0 aliphatic heterocycles. The molecule has 1 atom stereocenters. The molecule has 0 aliphatic rings. The molecule has 0 radical (unpaired) electrons. The van der Waals surface area contributed by atoms with Gasteiger partial charge in [0.05, 0.1) is 10.8 Å². The van der Waals surface area contributed by atoms with E-state index < -0.39 is 12.0 Å². The van der Waals surface area contributed by atoms with Crippen LogP contribution in [0.5, 0.6) is 0 Å². The lowest BCUT2D eigenvalue weighted by atomic mass is 10.2. The van der Waals surface area contributed by atoms with Gasteiger partial charge in [-0.2, -0.15) is 0 Å². The molecule has 0 aromatic carbocycles. The van der Waals surface area contributed by atoms with Crippen LogP contribution in [0.3, 0.4) is 0 Å². The molecule has 14 heavy (non-hydrogen) atoms. The number of nitroso groups, excluding NO2 is 1. The lowest BCUT2D eigenvalue weighted by molar-refractivity contribution is -0.142. The third-order valence-corrected chi connectivity index (χ3v) is 2.54. The van der Waals surface area contributed by atoms with E-state index in [-0.39, 0.29) is 6.42 Å². The summed E-state index contributed by atoms with van der Waals surface area (Å²) in [6.45, 7) is 0. The number of aliphatic carboxylic acids is 1. The molecule has 0 bridgehead atoms. The number of thiazole rings is 1. The van der Waals surface area contributed by atoms with Crippen LogP contribution in [0, 0.1) is 4.91 Å². The largest absolute Gasteiger partial charge is 0.480 e. The molecule has 0 saturated heterocycles. The highest BCUT2D eigenvalue weighted by Gasteiger charge is 2.23. The minimum atomic E-state index is -1.07. The van der Waals surface area contributed by atoms with Crippen LogP contribution in [-0.4, -0.2) is 34.2 Å². The molecule has 7 heteroatoms. The second kappa shape index (κ2) is 4.66. The summed E-state index contributed by atoms with van der Waals surface area (Å²) in [6, 6.07) is -0.923. The number of rotatable bonds is 5. The van der Waals surface area contributed by atoms with Gasteiger partial charge in [0.1, 0.15) is 0 Å². The van der Waals surface area contributed by atoms with Gasteiger partial charge in [-0.1, -0.05) is 0 Å². The quantitative estimate of drug-likeness (QED) is 0.579. The number of carbonyl (C=O) groups is 1. The highest BCUT2D eigenvalue weighted by molar-refractivity contribution is 7.09. The van der Waals surface area contributed by atoms with Gasteiger partial charge in [-0.25, -0.2) is 9.80 Å². The normalized spacial score (nSPS) is 12.1. The van der Waals surface area contributed by atoms with Gasteiger partial charge in [0.15, 0.2) is 6.04 Å². The first-order valence-electron chi connectivity index (χ1n) is 3.81. The van der Waals surface area contributed by atoms with Gasteiger partial charge in [0.25, 0.3) is 0 Å². The Morgan fingerprint density at radius 3 is 3.00 bits per heavy atom. The van der Waals surface area contributed by atoms with Crippen molar-refractivity contribution in [3.8, 4) is 0 Å². The average Bonchev–Trinajstić information content (AvgIpc) is 2.65. The highest BCUT2D eigenvalue weighted by Crippen LogP contribution is 2.12. The molecule has 76 valence electrons. The van der Waals surface area contributed by atoms with Crippen LogP contribution in [0.4, 0.5) is 0 Å². The van der Waals surface area contributed by atoms with Crippen LogP contribution in [0.15, 0.2) is 17.0 Å². The smallest absolute Gasteiger partial charge is 0.328 e. The molecular formula is C7H9N3O3S. The number of aromatic nitrogens is 1. The summed E-state index contributed by atoms with van der Waals surface area (Å²) in [7, 11) is 1.34. The zero-order valence-electron chi connectivity index (χ0n) is 7.45. The van der Waals surface area contributed by atoms with Crippen molar-refractivity contribution in [2.45, 2.75) is 12.5 Å². The summed E-state index contributed by atoms with van der Waals surface area (Å²) >= 11 is 1.35. The molecule has 1 unspecified atom stereocenters. The molecule has 1 aromatic rings. The van der Waals surface area contributed by atoms with Gasteiger partial charge in [0, 0.05) is 24.5 Å². The molecule has 0 aliphatic carbocycles. The number of likely N-dealkylation sites (N-methyl/N-ethyl adjacent to an activating group) is 1. The summed E-state index contributed by atoms with van der Waals surface area (Å²) in [6.07, 6.45) is 1.82. The summed E-state index contributed by atoms with van der Waals surface area (Å²) in [5.41, 5.74) is 1.61. The zero-order valence-corrected chi connectivity index (χ0v) is 8.27. The van der Waals surface area contributed by atoms with Crippen LogP contribution in [0.25, 0.3) is 0 Å². The third kappa shape index (κ3) is 2.49. The van der Waals surface area contributed by atoms with Gasteiger partial charge < -0.3 is 5.11 Å². The highest BCUT2D eigenvalue weighted by atomic mass is 32.1. The summed E-state index contributed by atoms with van der Waals surface area (Å²) in [5.74, 6) is -1.07. The van der Waals surface area contributed by atoms with E-state index >= 15 is 0 Å². The molecule has 1 aromatic heterocycles. The Morgan fingerprint density at radius 1 is 1.86 bits per heavy atom. The van der Waals surface area contributed by atoms with E-state index in [4.69, 9.17) is 5.11 Å². The average molecular weight is 215 g/mol. The molecule has 1 rings (SSSR count). The van der Waals surface area contributed by atoms with Crippen LogP contribution in [0.1, 0.15) is 4.88 Å². The van der Waals surface area contributed by atoms with Gasteiger partial charge in [0.2, 0.25) is 0 Å². The van der Waals surface area contributed by atoms with Crippen molar-refractivity contribution in [2.24, 2.45) is 5.29 Å². The maximum absolute atomic E-state index is 10.8. The molecule has 1 heterocycles. The van der Waals surface area contributed by atoms with Crippen LogP contribution in [0.2, 0.25) is 0 Å². The van der Waals surface area contributed by atoms with Gasteiger partial charge in [-0.15, -0.1) is 16.2 Å². The first kappa shape index (κ1) is 10.6. The summed E-state index contributed by atoms with van der Waals surface area (Å²) in [4.78, 5) is 25.6. The number of carboxylic acids is 1. The van der Waals surface area contributed by atoms with Crippen molar-refractivity contribution in [1.82, 2.24) is 9.99 Å². The topological polar surface area (TPSA) is 82.9 Å². The standard InChI is InChI=1S/C7H9N3O3S/c1-10(9-13)6(7(11)12)2-5-3-8-4-14-5/h3-4,6H,2H2,1H3,(H,11,12). The Morgan fingerprint density at radius 2 is 2.57 bits per heavy atom. The minimum Gasteiger partial charge on any atom is -0.480 e. The lowest BCUT2D eigenvalue weighted by Gasteiger charge is -2.17. The predicted octanol–water partition coefficient (Wildman–Crippen LogP) is 0.752. The Labute approximate surface area is 84.1 Å². The lowest BCUT2D eigenvalue weighted by Crippen LogP contribution is -2.36. The Balaban J connectivity index is 2.70. The van der Waals surface area contributed by atoms with Crippen molar-refractivity contribution in [3.63, 3.8) is 0 Å². The van der Waals surface area contributed by atoms with Crippen molar-refractivity contribution in [1.29, 1.82) is 0 Å². The molecular weight excluding hydrogens is 206 g/mol. The molecule has 6 nitrogen and oxygen atoms in total. The van der Waals surface area contributed by atoms with Crippen molar-refractivity contribution in [3.05, 3.63) is 21.5 Å². The van der Waals surface area contributed by atoms with E-state index in [1.807, 2.05) is 0 Å². The Hall–Kier alpha value is -1.50. The second-order valence-corrected chi connectivity index (χ2v) is 3.65. The van der Waals surface area contributed by atoms with Crippen LogP contribution < -0.4 is 0 Å². The molecule has 0 spiro atoms. The summed E-state index contributed by atoms with van der Waals surface area (Å²) < 4.78 is 0. The van der Waals surface area contributed by atoms with E-state index in [9.17, 15) is 9.70 Å². The predicted molar refractivity (Wildman–Crippen MR) is 50.8 cm³/mol. The van der Waals surface area contributed by atoms with Crippen LogP contribution in [-0.2, 0) is 11.2 Å². The summed E-state index contributed by atoms with van der Waals surface area (Å²) in [5, 5.41) is 12.3. The fourth-order valence-corrected chi connectivity index (χ4v) is 1.60. The maximum Gasteiger partial charge on any atom is 0.328 e. The monoisotopic (exact) mass is 215 g/mol. The first-order valence-corrected chi connectivity index (χ1v) is 4.69. The van der Waals surface area contributed by atoms with E-state index in [0.29, 0.717) is 0 Å². The minimum absolute atomic E-state index is 0.238. The van der Waals surface area contributed by atoms with Gasteiger partial charge in [-0.3, -0.25) is 4.98 Å². The SMILES string of the molecule is CN(N=O)C(Cc1cncs1)C(=O)O. The van der Waals surface area contributed by atoms with Gasteiger partial charge in [-0.05, 0) is 0 Å². The number of carboxylic acid groups (broad SMARTS) is 1. The molecule has 0 amide bonds. The van der Waals surface area contributed by atoms with Crippen molar-refractivity contribution < 1.29 is 9.90 Å². The molecule has 0 fully saturated rings. The van der Waals surface area contributed by atoms with Crippen molar-refractivity contribution >= 4 is 17.3 Å². The Kier molecular flexibility index (Phi) is 3.52. The Bertz CT molecular complexity index is 314. The zero-order chi connectivity index (χ0) is 10.6. The third-order valence-electron chi connectivity index (χ3n) is 1.74.